The number of carbonyl (C=O) groups is 1. The molecule has 0 radical (unpaired) electrons. The summed E-state index contributed by atoms with van der Waals surface area (Å²) in [6.45, 7) is 7.06. The van der Waals surface area contributed by atoms with Gasteiger partial charge in [0.2, 0.25) is 0 Å². The normalized spacial score (nSPS) is 18.8. The molecule has 0 bridgehead atoms. The molecule has 0 saturated carbocycles. The minimum absolute atomic E-state index is 0.0275. The van der Waals surface area contributed by atoms with E-state index >= 15 is 0 Å². The number of hydrogen-bond acceptors (Lipinski definition) is 3. The van der Waals surface area contributed by atoms with Gasteiger partial charge in [-0.05, 0) is 27.3 Å². The van der Waals surface area contributed by atoms with E-state index in [9.17, 15) is 4.79 Å². The minimum atomic E-state index is 0.0275. The van der Waals surface area contributed by atoms with E-state index in [2.05, 4.69) is 10.6 Å². The summed E-state index contributed by atoms with van der Waals surface area (Å²) in [6, 6.07) is 0.0275. The topological polar surface area (TPSA) is 53.6 Å². The van der Waals surface area contributed by atoms with Crippen LogP contribution in [0.25, 0.3) is 0 Å². The second-order valence-corrected chi connectivity index (χ2v) is 4.40. The lowest BCUT2D eigenvalue weighted by Crippen LogP contribution is -2.51. The monoisotopic (exact) mass is 229 g/mol. The molecule has 1 saturated heterocycles. The van der Waals surface area contributed by atoms with E-state index in [-0.39, 0.29) is 18.2 Å². The summed E-state index contributed by atoms with van der Waals surface area (Å²) >= 11 is 0. The first-order chi connectivity index (χ1) is 7.63. The van der Waals surface area contributed by atoms with Gasteiger partial charge in [-0.1, -0.05) is 0 Å². The number of amides is 2. The van der Waals surface area contributed by atoms with Gasteiger partial charge in [0.05, 0.1) is 12.2 Å². The molecule has 16 heavy (non-hydrogen) atoms. The van der Waals surface area contributed by atoms with Gasteiger partial charge < -0.3 is 20.3 Å². The molecule has 5 heteroatoms. The van der Waals surface area contributed by atoms with Crippen molar-refractivity contribution in [2.45, 2.75) is 32.5 Å². The molecule has 2 N–H and O–H groups in total. The minimum Gasteiger partial charge on any atom is -0.372 e. The van der Waals surface area contributed by atoms with E-state index in [0.717, 1.165) is 26.1 Å². The Morgan fingerprint density at radius 3 is 2.88 bits per heavy atom. The Balaban J connectivity index is 2.42. The highest BCUT2D eigenvalue weighted by molar-refractivity contribution is 5.74. The van der Waals surface area contributed by atoms with Crippen LogP contribution in [0.3, 0.4) is 0 Å². The fourth-order valence-electron chi connectivity index (χ4n) is 1.87. The third kappa shape index (κ3) is 4.37. The Labute approximate surface area is 97.5 Å². The summed E-state index contributed by atoms with van der Waals surface area (Å²) in [5.41, 5.74) is 0. The van der Waals surface area contributed by atoms with Crippen molar-refractivity contribution in [3.8, 4) is 0 Å². The standard InChI is InChI=1S/C11H23N3O2/c1-9(2)16-10(7-12-3)8-14-6-4-5-13-11(14)15/h9-10,12H,4-8H2,1-3H3,(H,13,15)/t10-/m0/s1. The number of nitrogens with one attached hydrogen (secondary N) is 2. The molecule has 1 aliphatic rings. The maximum absolute atomic E-state index is 11.6. The zero-order valence-electron chi connectivity index (χ0n) is 10.5. The van der Waals surface area contributed by atoms with Crippen LogP contribution in [0.4, 0.5) is 4.79 Å². The lowest BCUT2D eigenvalue weighted by molar-refractivity contribution is -0.00557. The lowest BCUT2D eigenvalue weighted by Gasteiger charge is -2.31. The Hall–Kier alpha value is -0.810. The first-order valence-corrected chi connectivity index (χ1v) is 5.96. The summed E-state index contributed by atoms with van der Waals surface area (Å²) < 4.78 is 5.76. The molecule has 1 rings (SSSR count). The van der Waals surface area contributed by atoms with Crippen LogP contribution in [-0.2, 0) is 4.74 Å². The molecule has 0 aromatic heterocycles. The van der Waals surface area contributed by atoms with Gasteiger partial charge in [-0.25, -0.2) is 4.79 Å². The molecule has 0 aliphatic carbocycles. The molecule has 94 valence electrons. The largest absolute Gasteiger partial charge is 0.372 e. The van der Waals surface area contributed by atoms with Crippen molar-refractivity contribution < 1.29 is 9.53 Å². The first-order valence-electron chi connectivity index (χ1n) is 5.96. The molecule has 1 atom stereocenters. The second-order valence-electron chi connectivity index (χ2n) is 4.40. The van der Waals surface area contributed by atoms with Gasteiger partial charge in [0.25, 0.3) is 0 Å². The molecule has 0 spiro atoms. The van der Waals surface area contributed by atoms with Crippen LogP contribution in [0.15, 0.2) is 0 Å². The summed E-state index contributed by atoms with van der Waals surface area (Å²) in [5, 5.41) is 5.94. The average Bonchev–Trinajstić information content (AvgIpc) is 2.21. The fraction of sp³-hybridized carbons (Fsp3) is 0.909. The van der Waals surface area contributed by atoms with Gasteiger partial charge in [0, 0.05) is 26.2 Å². The predicted octanol–water partition coefficient (Wildman–Crippen LogP) is 0.415. The molecule has 1 heterocycles. The zero-order chi connectivity index (χ0) is 12.0. The molecule has 2 amide bonds. The molecule has 1 aliphatic heterocycles. The van der Waals surface area contributed by atoms with Crippen LogP contribution >= 0.6 is 0 Å². The average molecular weight is 229 g/mol. The van der Waals surface area contributed by atoms with E-state index in [0.29, 0.717) is 6.54 Å². The van der Waals surface area contributed by atoms with Crippen LogP contribution in [0, 0.1) is 0 Å². The smallest absolute Gasteiger partial charge is 0.317 e. The van der Waals surface area contributed by atoms with E-state index in [1.807, 2.05) is 25.8 Å². The van der Waals surface area contributed by atoms with E-state index < -0.39 is 0 Å². The van der Waals surface area contributed by atoms with Gasteiger partial charge in [0.1, 0.15) is 0 Å². The number of urea groups is 1. The highest BCUT2D eigenvalue weighted by atomic mass is 16.5. The third-order valence-corrected chi connectivity index (χ3v) is 2.49. The molecule has 5 nitrogen and oxygen atoms in total. The first kappa shape index (κ1) is 13.3. The van der Waals surface area contributed by atoms with Gasteiger partial charge in [-0.15, -0.1) is 0 Å². The number of likely N-dealkylation sites (N-methyl/N-ethyl adjacent to an activating group) is 1. The van der Waals surface area contributed by atoms with Gasteiger partial charge in [-0.3, -0.25) is 0 Å². The Bertz CT molecular complexity index is 221. The summed E-state index contributed by atoms with van der Waals surface area (Å²) in [4.78, 5) is 13.4. The quantitative estimate of drug-likeness (QED) is 0.694. The van der Waals surface area contributed by atoms with Gasteiger partial charge in [0.15, 0.2) is 0 Å². The fourth-order valence-corrected chi connectivity index (χ4v) is 1.87. The van der Waals surface area contributed by atoms with Crippen LogP contribution in [0.1, 0.15) is 20.3 Å². The SMILES string of the molecule is CNC[C@@H](CN1CCCNC1=O)OC(C)C. The number of rotatable bonds is 6. The van der Waals surface area contributed by atoms with E-state index in [1.165, 1.54) is 0 Å². The number of nitrogens with zero attached hydrogens (tertiary/aromatic N) is 1. The predicted molar refractivity (Wildman–Crippen MR) is 63.5 cm³/mol. The maximum atomic E-state index is 11.6. The zero-order valence-corrected chi connectivity index (χ0v) is 10.5. The van der Waals surface area contributed by atoms with Crippen LogP contribution < -0.4 is 10.6 Å². The second kappa shape index (κ2) is 6.70. The van der Waals surface area contributed by atoms with E-state index in [4.69, 9.17) is 4.74 Å². The molecular weight excluding hydrogens is 206 g/mol. The molecule has 1 fully saturated rings. The highest BCUT2D eigenvalue weighted by Crippen LogP contribution is 2.05. The van der Waals surface area contributed by atoms with Crippen LogP contribution in [-0.4, -0.2) is 56.4 Å². The van der Waals surface area contributed by atoms with Crippen molar-refractivity contribution >= 4 is 6.03 Å². The summed E-state index contributed by atoms with van der Waals surface area (Å²) in [7, 11) is 1.90. The van der Waals surface area contributed by atoms with Crippen molar-refractivity contribution in [2.24, 2.45) is 0 Å². The Morgan fingerprint density at radius 2 is 2.31 bits per heavy atom. The maximum Gasteiger partial charge on any atom is 0.317 e. The third-order valence-electron chi connectivity index (χ3n) is 2.49. The van der Waals surface area contributed by atoms with Crippen molar-refractivity contribution in [2.75, 3.05) is 33.2 Å². The Morgan fingerprint density at radius 1 is 1.56 bits per heavy atom. The molecule has 0 aromatic rings. The summed E-state index contributed by atoms with van der Waals surface area (Å²) in [5.74, 6) is 0. The van der Waals surface area contributed by atoms with Crippen molar-refractivity contribution in [3.63, 3.8) is 0 Å². The van der Waals surface area contributed by atoms with Gasteiger partial charge >= 0.3 is 6.03 Å². The number of ether oxygens (including phenoxy) is 1. The van der Waals surface area contributed by atoms with Gasteiger partial charge in [-0.2, -0.15) is 0 Å². The summed E-state index contributed by atoms with van der Waals surface area (Å²) in [6.07, 6.45) is 1.26. The van der Waals surface area contributed by atoms with Crippen molar-refractivity contribution in [1.29, 1.82) is 0 Å². The molecule has 0 unspecified atom stereocenters. The molecule has 0 aromatic carbocycles. The van der Waals surface area contributed by atoms with Crippen molar-refractivity contribution in [3.05, 3.63) is 0 Å². The lowest BCUT2D eigenvalue weighted by atomic mass is 10.2. The highest BCUT2D eigenvalue weighted by Gasteiger charge is 2.22. The Kier molecular flexibility index (Phi) is 5.55. The molecular formula is C11H23N3O2. The number of hydrogen-bond donors (Lipinski definition) is 2. The van der Waals surface area contributed by atoms with Crippen LogP contribution in [0.2, 0.25) is 0 Å². The van der Waals surface area contributed by atoms with E-state index in [1.54, 1.807) is 0 Å². The number of carbonyl (C=O) groups excluding carboxylic acids is 1. The van der Waals surface area contributed by atoms with Crippen LogP contribution in [0.5, 0.6) is 0 Å². The van der Waals surface area contributed by atoms with Crippen molar-refractivity contribution in [1.82, 2.24) is 15.5 Å².